The van der Waals surface area contributed by atoms with Gasteiger partial charge in [-0.1, -0.05) is 13.3 Å². The van der Waals surface area contributed by atoms with Crippen LogP contribution < -0.4 is 5.32 Å². The molecule has 0 atom stereocenters. The van der Waals surface area contributed by atoms with E-state index in [4.69, 9.17) is 4.74 Å². The number of hydrogen-bond donors (Lipinski definition) is 1. The molecular weight excluding hydrogens is 238 g/mol. The van der Waals surface area contributed by atoms with Crippen LogP contribution in [0.15, 0.2) is 6.33 Å². The summed E-state index contributed by atoms with van der Waals surface area (Å²) in [5.41, 5.74) is 2.59. The maximum absolute atomic E-state index is 5.48. The minimum Gasteiger partial charge on any atom is -0.381 e. The summed E-state index contributed by atoms with van der Waals surface area (Å²) in [6, 6.07) is 0. The molecule has 1 aromatic heterocycles. The Kier molecular flexibility index (Phi) is 6.08. The Morgan fingerprint density at radius 1 is 1.16 bits per heavy atom. The number of nitrogens with one attached hydrogen (secondary N) is 1. The Labute approximate surface area is 116 Å². The molecule has 1 aromatic rings. The van der Waals surface area contributed by atoms with E-state index < -0.39 is 0 Å². The van der Waals surface area contributed by atoms with E-state index in [1.54, 1.807) is 6.33 Å². The molecule has 0 saturated heterocycles. The summed E-state index contributed by atoms with van der Waals surface area (Å²) in [6.45, 7) is 4.75. The van der Waals surface area contributed by atoms with Crippen molar-refractivity contribution in [2.75, 3.05) is 25.1 Å². The van der Waals surface area contributed by atoms with Crippen molar-refractivity contribution in [2.24, 2.45) is 0 Å². The molecule has 1 aliphatic rings. The van der Waals surface area contributed by atoms with Crippen LogP contribution in [0.25, 0.3) is 0 Å². The Morgan fingerprint density at radius 3 is 2.95 bits per heavy atom. The number of fused-ring (bicyclic) bond motifs is 1. The van der Waals surface area contributed by atoms with Gasteiger partial charge in [0.2, 0.25) is 0 Å². The molecule has 0 bridgehead atoms. The summed E-state index contributed by atoms with van der Waals surface area (Å²) in [7, 11) is 0. The van der Waals surface area contributed by atoms with Crippen LogP contribution in [0.5, 0.6) is 0 Å². The van der Waals surface area contributed by atoms with Crippen LogP contribution in [-0.4, -0.2) is 29.7 Å². The highest BCUT2D eigenvalue weighted by Gasteiger charge is 2.13. The highest BCUT2D eigenvalue weighted by Crippen LogP contribution is 2.23. The van der Waals surface area contributed by atoms with Gasteiger partial charge in [0.05, 0.1) is 0 Å². The SMILES string of the molecule is CCCOCCCNc1ncnc2c1CCCCC2. The van der Waals surface area contributed by atoms with Crippen LogP contribution in [-0.2, 0) is 17.6 Å². The highest BCUT2D eigenvalue weighted by molar-refractivity contribution is 5.46. The second-order valence-electron chi connectivity index (χ2n) is 5.10. The standard InChI is InChI=1S/C15H25N3O/c1-2-10-19-11-6-9-16-15-13-7-4-3-5-8-14(13)17-12-18-15/h12H,2-11H2,1H3,(H,16,17,18). The van der Waals surface area contributed by atoms with Crippen molar-refractivity contribution < 1.29 is 4.74 Å². The zero-order valence-electron chi connectivity index (χ0n) is 12.0. The van der Waals surface area contributed by atoms with Gasteiger partial charge in [-0.25, -0.2) is 9.97 Å². The van der Waals surface area contributed by atoms with E-state index in [2.05, 4.69) is 22.2 Å². The molecule has 0 radical (unpaired) electrons. The van der Waals surface area contributed by atoms with Gasteiger partial charge in [-0.05, 0) is 38.5 Å². The number of aryl methyl sites for hydroxylation is 1. The zero-order valence-corrected chi connectivity index (χ0v) is 12.0. The van der Waals surface area contributed by atoms with Crippen LogP contribution in [0, 0.1) is 0 Å². The Balaban J connectivity index is 1.83. The number of ether oxygens (including phenoxy) is 1. The van der Waals surface area contributed by atoms with E-state index in [1.165, 1.54) is 30.5 Å². The molecule has 2 rings (SSSR count). The molecule has 0 unspecified atom stereocenters. The number of aromatic nitrogens is 2. The minimum atomic E-state index is 0.827. The predicted molar refractivity (Wildman–Crippen MR) is 77.5 cm³/mol. The molecule has 4 heteroatoms. The topological polar surface area (TPSA) is 47.0 Å². The van der Waals surface area contributed by atoms with Gasteiger partial charge in [0.25, 0.3) is 0 Å². The van der Waals surface area contributed by atoms with Gasteiger partial charge in [-0.15, -0.1) is 0 Å². The average Bonchev–Trinajstić information content (AvgIpc) is 2.68. The molecule has 0 aromatic carbocycles. The molecule has 0 fully saturated rings. The fraction of sp³-hybridized carbons (Fsp3) is 0.733. The predicted octanol–water partition coefficient (Wildman–Crippen LogP) is 2.97. The molecule has 0 spiro atoms. The number of nitrogens with zero attached hydrogens (tertiary/aromatic N) is 2. The lowest BCUT2D eigenvalue weighted by Crippen LogP contribution is -2.11. The molecule has 1 aliphatic carbocycles. The minimum absolute atomic E-state index is 0.827. The van der Waals surface area contributed by atoms with E-state index in [9.17, 15) is 0 Å². The van der Waals surface area contributed by atoms with Crippen molar-refractivity contribution in [3.63, 3.8) is 0 Å². The van der Waals surface area contributed by atoms with E-state index in [1.807, 2.05) is 0 Å². The van der Waals surface area contributed by atoms with Crippen molar-refractivity contribution in [1.29, 1.82) is 0 Å². The van der Waals surface area contributed by atoms with Crippen LogP contribution >= 0.6 is 0 Å². The van der Waals surface area contributed by atoms with Crippen molar-refractivity contribution in [1.82, 2.24) is 9.97 Å². The lowest BCUT2D eigenvalue weighted by atomic mass is 10.1. The third kappa shape index (κ3) is 4.46. The monoisotopic (exact) mass is 263 g/mol. The third-order valence-electron chi connectivity index (χ3n) is 3.48. The van der Waals surface area contributed by atoms with Crippen LogP contribution in [0.2, 0.25) is 0 Å². The lowest BCUT2D eigenvalue weighted by molar-refractivity contribution is 0.134. The number of anilines is 1. The second kappa shape index (κ2) is 8.10. The summed E-state index contributed by atoms with van der Waals surface area (Å²) in [4.78, 5) is 8.84. The maximum Gasteiger partial charge on any atom is 0.132 e. The smallest absolute Gasteiger partial charge is 0.132 e. The van der Waals surface area contributed by atoms with Crippen molar-refractivity contribution in [3.05, 3.63) is 17.6 Å². The quantitative estimate of drug-likeness (QED) is 0.607. The first-order valence-electron chi connectivity index (χ1n) is 7.56. The van der Waals surface area contributed by atoms with Gasteiger partial charge in [0, 0.05) is 31.0 Å². The van der Waals surface area contributed by atoms with Gasteiger partial charge >= 0.3 is 0 Å². The largest absolute Gasteiger partial charge is 0.381 e. The Bertz CT molecular complexity index is 382. The van der Waals surface area contributed by atoms with Gasteiger partial charge in [-0.3, -0.25) is 0 Å². The van der Waals surface area contributed by atoms with Crippen molar-refractivity contribution >= 4 is 5.82 Å². The fourth-order valence-corrected chi connectivity index (χ4v) is 2.48. The maximum atomic E-state index is 5.48. The molecule has 0 aliphatic heterocycles. The summed E-state index contributed by atoms with van der Waals surface area (Å²) < 4.78 is 5.48. The van der Waals surface area contributed by atoms with Gasteiger partial charge < -0.3 is 10.1 Å². The summed E-state index contributed by atoms with van der Waals surface area (Å²) in [5, 5.41) is 3.45. The van der Waals surface area contributed by atoms with E-state index in [-0.39, 0.29) is 0 Å². The molecule has 0 saturated carbocycles. The van der Waals surface area contributed by atoms with E-state index in [0.29, 0.717) is 0 Å². The molecule has 1 heterocycles. The first-order chi connectivity index (χ1) is 9.42. The molecule has 1 N–H and O–H groups in total. The molecule has 0 amide bonds. The van der Waals surface area contributed by atoms with Gasteiger partial charge in [-0.2, -0.15) is 0 Å². The lowest BCUT2D eigenvalue weighted by Gasteiger charge is -2.12. The summed E-state index contributed by atoms with van der Waals surface area (Å²) >= 11 is 0. The molecule has 106 valence electrons. The van der Waals surface area contributed by atoms with Crippen LogP contribution in [0.1, 0.15) is 50.3 Å². The summed E-state index contributed by atoms with van der Waals surface area (Å²) in [5.74, 6) is 1.04. The Hall–Kier alpha value is -1.16. The van der Waals surface area contributed by atoms with Crippen LogP contribution in [0.4, 0.5) is 5.82 Å². The molecule has 19 heavy (non-hydrogen) atoms. The zero-order chi connectivity index (χ0) is 13.3. The fourth-order valence-electron chi connectivity index (χ4n) is 2.48. The van der Waals surface area contributed by atoms with Crippen LogP contribution in [0.3, 0.4) is 0 Å². The first-order valence-corrected chi connectivity index (χ1v) is 7.56. The second-order valence-corrected chi connectivity index (χ2v) is 5.10. The molecule has 4 nitrogen and oxygen atoms in total. The average molecular weight is 263 g/mol. The van der Waals surface area contributed by atoms with E-state index in [0.717, 1.165) is 51.3 Å². The van der Waals surface area contributed by atoms with Gasteiger partial charge in [0.1, 0.15) is 12.1 Å². The molecular formula is C15H25N3O. The highest BCUT2D eigenvalue weighted by atomic mass is 16.5. The first kappa shape index (κ1) is 14.3. The van der Waals surface area contributed by atoms with Gasteiger partial charge in [0.15, 0.2) is 0 Å². The Morgan fingerprint density at radius 2 is 2.05 bits per heavy atom. The third-order valence-corrected chi connectivity index (χ3v) is 3.48. The number of hydrogen-bond acceptors (Lipinski definition) is 4. The van der Waals surface area contributed by atoms with Crippen molar-refractivity contribution in [3.8, 4) is 0 Å². The summed E-state index contributed by atoms with van der Waals surface area (Å²) in [6.07, 6.45) is 9.85. The number of rotatable bonds is 7. The van der Waals surface area contributed by atoms with Crippen molar-refractivity contribution in [2.45, 2.75) is 51.9 Å². The van der Waals surface area contributed by atoms with E-state index >= 15 is 0 Å². The normalized spacial score (nSPS) is 14.8.